The molecule has 1 saturated heterocycles. The van der Waals surface area contributed by atoms with Gasteiger partial charge in [-0.2, -0.15) is 0 Å². The number of carbonyl (C=O) groups is 1. The van der Waals surface area contributed by atoms with Gasteiger partial charge in [0, 0.05) is 25.9 Å². The van der Waals surface area contributed by atoms with Gasteiger partial charge in [0.25, 0.3) is 0 Å². The quantitative estimate of drug-likeness (QED) is 0.900. The van der Waals surface area contributed by atoms with Crippen molar-refractivity contribution >= 4 is 21.6 Å². The second kappa shape index (κ2) is 5.58. The summed E-state index contributed by atoms with van der Waals surface area (Å²) in [7, 11) is -1.91. The van der Waals surface area contributed by atoms with E-state index in [2.05, 4.69) is 4.72 Å². The molecule has 0 spiro atoms. The van der Waals surface area contributed by atoms with E-state index in [1.807, 2.05) is 13.8 Å². The van der Waals surface area contributed by atoms with Crippen LogP contribution in [-0.2, 0) is 25.0 Å². The molecule has 0 radical (unpaired) electrons. The lowest BCUT2D eigenvalue weighted by atomic mass is 9.86. The van der Waals surface area contributed by atoms with Crippen LogP contribution in [0.1, 0.15) is 32.3 Å². The smallest absolute Gasteiger partial charge is 0.240 e. The summed E-state index contributed by atoms with van der Waals surface area (Å²) in [6, 6.07) is 4.85. The molecule has 0 aromatic heterocycles. The predicted molar refractivity (Wildman–Crippen MR) is 87.0 cm³/mol. The van der Waals surface area contributed by atoms with E-state index in [4.69, 9.17) is 4.74 Å². The maximum absolute atomic E-state index is 12.5. The Kier molecular flexibility index (Phi) is 3.98. The number of nitrogens with one attached hydrogen (secondary N) is 1. The van der Waals surface area contributed by atoms with Crippen LogP contribution in [0.3, 0.4) is 0 Å². The van der Waals surface area contributed by atoms with Crippen LogP contribution in [0.25, 0.3) is 0 Å². The zero-order chi connectivity index (χ0) is 16.8. The van der Waals surface area contributed by atoms with Gasteiger partial charge >= 0.3 is 0 Å². The SMILES string of the molecule is CN1C(=O)C(C)(C)c2cc(S(=O)(=O)NCC3CCCO3)ccc21. The van der Waals surface area contributed by atoms with Crippen LogP contribution >= 0.6 is 0 Å². The van der Waals surface area contributed by atoms with Gasteiger partial charge in [-0.25, -0.2) is 13.1 Å². The molecule has 0 saturated carbocycles. The molecule has 3 rings (SSSR count). The minimum Gasteiger partial charge on any atom is -0.377 e. The number of anilines is 1. The number of sulfonamides is 1. The summed E-state index contributed by atoms with van der Waals surface area (Å²) in [6.45, 7) is 4.59. The Morgan fingerprint density at radius 2 is 2.13 bits per heavy atom. The number of hydrogen-bond donors (Lipinski definition) is 1. The lowest BCUT2D eigenvalue weighted by molar-refractivity contribution is -0.121. The standard InChI is InChI=1S/C16H22N2O4S/c1-16(2)13-9-12(6-7-14(13)18(3)15(16)19)23(20,21)17-10-11-5-4-8-22-11/h6-7,9,11,17H,4-5,8,10H2,1-3H3. The van der Waals surface area contributed by atoms with Crippen molar-refractivity contribution in [1.29, 1.82) is 0 Å². The van der Waals surface area contributed by atoms with Gasteiger partial charge in [0.05, 0.1) is 16.4 Å². The van der Waals surface area contributed by atoms with Crippen molar-refractivity contribution in [2.24, 2.45) is 0 Å². The van der Waals surface area contributed by atoms with E-state index >= 15 is 0 Å². The van der Waals surface area contributed by atoms with Gasteiger partial charge in [0.2, 0.25) is 15.9 Å². The molecule has 1 N–H and O–H groups in total. The number of rotatable bonds is 4. The van der Waals surface area contributed by atoms with Crippen molar-refractivity contribution in [2.45, 2.75) is 43.1 Å². The number of hydrogen-bond acceptors (Lipinski definition) is 4. The van der Waals surface area contributed by atoms with Crippen LogP contribution in [0, 0.1) is 0 Å². The zero-order valence-corrected chi connectivity index (χ0v) is 14.4. The Balaban J connectivity index is 1.87. The van der Waals surface area contributed by atoms with Gasteiger partial charge in [-0.15, -0.1) is 0 Å². The maximum Gasteiger partial charge on any atom is 0.240 e. The Morgan fingerprint density at radius 3 is 2.78 bits per heavy atom. The van der Waals surface area contributed by atoms with Crippen molar-refractivity contribution in [3.63, 3.8) is 0 Å². The summed E-state index contributed by atoms with van der Waals surface area (Å²) in [5.41, 5.74) is 0.785. The highest BCUT2D eigenvalue weighted by Crippen LogP contribution is 2.41. The summed E-state index contributed by atoms with van der Waals surface area (Å²) >= 11 is 0. The van der Waals surface area contributed by atoms with E-state index < -0.39 is 15.4 Å². The van der Waals surface area contributed by atoms with E-state index in [-0.39, 0.29) is 23.5 Å². The molecule has 1 aromatic rings. The molecule has 2 heterocycles. The molecular weight excluding hydrogens is 316 g/mol. The van der Waals surface area contributed by atoms with E-state index in [0.717, 1.165) is 24.1 Å². The largest absolute Gasteiger partial charge is 0.377 e. The van der Waals surface area contributed by atoms with E-state index in [1.165, 1.54) is 0 Å². The van der Waals surface area contributed by atoms with E-state index in [0.29, 0.717) is 6.61 Å². The van der Waals surface area contributed by atoms with Gasteiger partial charge in [0.15, 0.2) is 0 Å². The van der Waals surface area contributed by atoms with Crippen molar-refractivity contribution in [3.05, 3.63) is 23.8 Å². The summed E-state index contributed by atoms with van der Waals surface area (Å²) < 4.78 is 33.0. The molecule has 1 unspecified atom stereocenters. The third kappa shape index (κ3) is 2.77. The Morgan fingerprint density at radius 1 is 1.39 bits per heavy atom. The number of carbonyl (C=O) groups excluding carboxylic acids is 1. The molecule has 6 nitrogen and oxygen atoms in total. The Hall–Kier alpha value is -1.44. The minimum atomic E-state index is -3.61. The van der Waals surface area contributed by atoms with Crippen molar-refractivity contribution in [3.8, 4) is 0 Å². The number of benzene rings is 1. The molecular formula is C16H22N2O4S. The second-order valence-electron chi connectivity index (χ2n) is 6.66. The average molecular weight is 338 g/mol. The number of amides is 1. The second-order valence-corrected chi connectivity index (χ2v) is 8.42. The number of nitrogens with zero attached hydrogens (tertiary/aromatic N) is 1. The maximum atomic E-state index is 12.5. The normalized spacial score (nSPS) is 23.3. The molecule has 2 aliphatic heterocycles. The lowest BCUT2D eigenvalue weighted by Gasteiger charge is -2.17. The van der Waals surface area contributed by atoms with Gasteiger partial charge in [0.1, 0.15) is 0 Å². The highest BCUT2D eigenvalue weighted by molar-refractivity contribution is 7.89. The van der Waals surface area contributed by atoms with E-state index in [1.54, 1.807) is 30.1 Å². The highest BCUT2D eigenvalue weighted by Gasteiger charge is 2.42. The van der Waals surface area contributed by atoms with Crippen LogP contribution in [0.15, 0.2) is 23.1 Å². The third-order valence-corrected chi connectivity index (χ3v) is 6.10. The van der Waals surface area contributed by atoms with Crippen LogP contribution < -0.4 is 9.62 Å². The zero-order valence-electron chi connectivity index (χ0n) is 13.6. The summed E-state index contributed by atoms with van der Waals surface area (Å²) in [6.07, 6.45) is 1.79. The van der Waals surface area contributed by atoms with Crippen LogP contribution in [0.2, 0.25) is 0 Å². The third-order valence-electron chi connectivity index (χ3n) is 4.68. The lowest BCUT2D eigenvalue weighted by Crippen LogP contribution is -2.33. The fraction of sp³-hybridized carbons (Fsp3) is 0.562. The first-order chi connectivity index (χ1) is 10.7. The van der Waals surface area contributed by atoms with Gasteiger partial charge < -0.3 is 9.64 Å². The summed E-state index contributed by atoms with van der Waals surface area (Å²) in [5, 5.41) is 0. The Labute approximate surface area is 136 Å². The van der Waals surface area contributed by atoms with Crippen molar-refractivity contribution in [2.75, 3.05) is 25.1 Å². The first-order valence-electron chi connectivity index (χ1n) is 7.77. The molecule has 1 amide bonds. The molecule has 0 aliphatic carbocycles. The predicted octanol–water partition coefficient (Wildman–Crippen LogP) is 1.40. The average Bonchev–Trinajstić information content (AvgIpc) is 3.09. The number of ether oxygens (including phenoxy) is 1. The van der Waals surface area contributed by atoms with Gasteiger partial charge in [-0.05, 0) is 50.5 Å². The van der Waals surface area contributed by atoms with Crippen LogP contribution in [0.5, 0.6) is 0 Å². The first kappa shape index (κ1) is 16.4. The molecule has 1 atom stereocenters. The monoisotopic (exact) mass is 338 g/mol. The first-order valence-corrected chi connectivity index (χ1v) is 9.26. The van der Waals surface area contributed by atoms with Crippen LogP contribution in [-0.4, -0.2) is 40.6 Å². The molecule has 7 heteroatoms. The number of fused-ring (bicyclic) bond motifs is 1. The molecule has 23 heavy (non-hydrogen) atoms. The Bertz CT molecular complexity index is 736. The van der Waals surface area contributed by atoms with Crippen molar-refractivity contribution < 1.29 is 17.9 Å². The molecule has 0 bridgehead atoms. The number of likely N-dealkylation sites (N-methyl/N-ethyl adjacent to an activating group) is 1. The summed E-state index contributed by atoms with van der Waals surface area (Å²) in [5.74, 6) is -0.0330. The summed E-state index contributed by atoms with van der Waals surface area (Å²) in [4.78, 5) is 14.0. The molecule has 126 valence electrons. The minimum absolute atomic E-state index is 0.0330. The molecule has 1 fully saturated rings. The highest BCUT2D eigenvalue weighted by atomic mass is 32.2. The van der Waals surface area contributed by atoms with Gasteiger partial charge in [-0.3, -0.25) is 4.79 Å². The van der Waals surface area contributed by atoms with Gasteiger partial charge in [-0.1, -0.05) is 0 Å². The van der Waals surface area contributed by atoms with E-state index in [9.17, 15) is 13.2 Å². The molecule has 2 aliphatic rings. The fourth-order valence-electron chi connectivity index (χ4n) is 3.21. The fourth-order valence-corrected chi connectivity index (χ4v) is 4.30. The van der Waals surface area contributed by atoms with Crippen molar-refractivity contribution in [1.82, 2.24) is 4.72 Å². The molecule has 1 aromatic carbocycles. The van der Waals surface area contributed by atoms with Crippen LogP contribution in [0.4, 0.5) is 5.69 Å². The topological polar surface area (TPSA) is 75.7 Å².